The molecular formula is C8H14N4. The molecule has 1 aromatic heterocycles. The number of nitrogens with zero attached hydrogens (tertiary/aromatic N) is 2. The van der Waals surface area contributed by atoms with E-state index in [1.54, 1.807) is 0 Å². The van der Waals surface area contributed by atoms with Gasteiger partial charge in [-0.25, -0.2) is 0 Å². The molecule has 12 heavy (non-hydrogen) atoms. The number of rotatable bonds is 0. The molecule has 3 N–H and O–H groups in total. The molecule has 0 spiro atoms. The number of fused-ring (bicyclic) bond motifs is 1. The van der Waals surface area contributed by atoms with Crippen molar-refractivity contribution in [3.8, 4) is 0 Å². The van der Waals surface area contributed by atoms with Crippen LogP contribution in [0.15, 0.2) is 6.07 Å². The van der Waals surface area contributed by atoms with Crippen LogP contribution in [0.5, 0.6) is 0 Å². The molecule has 0 amide bonds. The largest absolute Gasteiger partial charge is 0.382 e. The van der Waals surface area contributed by atoms with Crippen molar-refractivity contribution < 1.29 is 0 Å². The maximum absolute atomic E-state index is 5.60. The second kappa shape index (κ2) is 3.15. The van der Waals surface area contributed by atoms with Gasteiger partial charge >= 0.3 is 0 Å². The van der Waals surface area contributed by atoms with Crippen molar-refractivity contribution in [1.29, 1.82) is 0 Å². The third-order valence-electron chi connectivity index (χ3n) is 2.16. The van der Waals surface area contributed by atoms with Crippen LogP contribution in [0.3, 0.4) is 0 Å². The number of hydrogen-bond donors (Lipinski definition) is 2. The van der Waals surface area contributed by atoms with Gasteiger partial charge in [-0.05, 0) is 19.4 Å². The molecular weight excluding hydrogens is 152 g/mol. The second-order valence-electron chi connectivity index (χ2n) is 3.17. The Morgan fingerprint density at radius 1 is 1.50 bits per heavy atom. The number of nitrogens with two attached hydrogens (primary N) is 1. The van der Waals surface area contributed by atoms with Gasteiger partial charge in [-0.15, -0.1) is 0 Å². The van der Waals surface area contributed by atoms with Gasteiger partial charge in [-0.1, -0.05) is 0 Å². The Bertz CT molecular complexity index is 241. The fraction of sp³-hybridized carbons (Fsp3) is 0.625. The van der Waals surface area contributed by atoms with E-state index < -0.39 is 0 Å². The number of nitrogen functional groups attached to an aromatic ring is 1. The van der Waals surface area contributed by atoms with E-state index >= 15 is 0 Å². The Morgan fingerprint density at radius 3 is 3.33 bits per heavy atom. The van der Waals surface area contributed by atoms with E-state index in [-0.39, 0.29) is 0 Å². The molecule has 0 saturated heterocycles. The zero-order chi connectivity index (χ0) is 8.39. The standard InChI is InChI=1S/C8H14N4/c9-8-5-7-6-10-3-1-2-4-12(7)11-8/h5,10H,1-4,6H2,(H2,9,11). The van der Waals surface area contributed by atoms with E-state index in [1.807, 2.05) is 10.7 Å². The topological polar surface area (TPSA) is 55.9 Å². The van der Waals surface area contributed by atoms with Gasteiger partial charge < -0.3 is 11.1 Å². The van der Waals surface area contributed by atoms with E-state index in [4.69, 9.17) is 5.73 Å². The lowest BCUT2D eigenvalue weighted by Gasteiger charge is -2.11. The number of aromatic nitrogens is 2. The van der Waals surface area contributed by atoms with Crippen LogP contribution in [0.25, 0.3) is 0 Å². The van der Waals surface area contributed by atoms with E-state index in [1.165, 1.54) is 18.5 Å². The van der Waals surface area contributed by atoms with E-state index in [2.05, 4.69) is 10.4 Å². The SMILES string of the molecule is Nc1cc2n(n1)CCCCNC2. The normalized spacial score (nSPS) is 18.0. The van der Waals surface area contributed by atoms with Crippen LogP contribution in [-0.4, -0.2) is 16.3 Å². The first kappa shape index (κ1) is 7.61. The molecule has 0 aliphatic carbocycles. The first-order chi connectivity index (χ1) is 5.86. The lowest BCUT2D eigenvalue weighted by atomic mass is 10.2. The van der Waals surface area contributed by atoms with Crippen molar-refractivity contribution in [2.45, 2.75) is 25.9 Å². The summed E-state index contributed by atoms with van der Waals surface area (Å²) in [5, 5.41) is 7.55. The quantitative estimate of drug-likeness (QED) is 0.584. The maximum Gasteiger partial charge on any atom is 0.145 e. The molecule has 0 unspecified atom stereocenters. The van der Waals surface area contributed by atoms with Crippen LogP contribution in [0.2, 0.25) is 0 Å². The lowest BCUT2D eigenvalue weighted by molar-refractivity contribution is 0.479. The summed E-state index contributed by atoms with van der Waals surface area (Å²) in [4.78, 5) is 0. The molecule has 0 aromatic carbocycles. The molecule has 2 rings (SSSR count). The summed E-state index contributed by atoms with van der Waals surface area (Å²) in [6, 6.07) is 1.94. The number of hydrogen-bond acceptors (Lipinski definition) is 3. The third kappa shape index (κ3) is 1.43. The molecule has 4 nitrogen and oxygen atoms in total. The Kier molecular flexibility index (Phi) is 1.99. The molecule has 0 bridgehead atoms. The average Bonchev–Trinajstić information content (AvgIpc) is 2.32. The molecule has 0 atom stereocenters. The van der Waals surface area contributed by atoms with E-state index in [0.29, 0.717) is 5.82 Å². The molecule has 0 radical (unpaired) electrons. The molecule has 66 valence electrons. The number of anilines is 1. The first-order valence-electron chi connectivity index (χ1n) is 4.39. The fourth-order valence-electron chi connectivity index (χ4n) is 1.54. The minimum atomic E-state index is 0.633. The molecule has 0 fully saturated rings. The van der Waals surface area contributed by atoms with Gasteiger partial charge in [-0.2, -0.15) is 5.10 Å². The lowest BCUT2D eigenvalue weighted by Crippen LogP contribution is -2.21. The summed E-state index contributed by atoms with van der Waals surface area (Å²) < 4.78 is 2.00. The van der Waals surface area contributed by atoms with Gasteiger partial charge in [-0.3, -0.25) is 4.68 Å². The molecule has 1 aliphatic rings. The Hall–Kier alpha value is -1.03. The van der Waals surface area contributed by atoms with Crippen LogP contribution in [0.4, 0.5) is 5.82 Å². The predicted molar refractivity (Wildman–Crippen MR) is 47.6 cm³/mol. The number of nitrogens with one attached hydrogen (secondary N) is 1. The maximum atomic E-state index is 5.60. The minimum absolute atomic E-state index is 0.633. The molecule has 4 heteroatoms. The summed E-state index contributed by atoms with van der Waals surface area (Å²) in [5.74, 6) is 0.633. The highest BCUT2D eigenvalue weighted by Gasteiger charge is 2.07. The van der Waals surface area contributed by atoms with Gasteiger partial charge in [0.25, 0.3) is 0 Å². The average molecular weight is 166 g/mol. The second-order valence-corrected chi connectivity index (χ2v) is 3.17. The van der Waals surface area contributed by atoms with Crippen LogP contribution >= 0.6 is 0 Å². The highest BCUT2D eigenvalue weighted by Crippen LogP contribution is 2.09. The summed E-state index contributed by atoms with van der Waals surface area (Å²) in [5.41, 5.74) is 6.80. The van der Waals surface area contributed by atoms with Crippen molar-refractivity contribution in [2.75, 3.05) is 12.3 Å². The van der Waals surface area contributed by atoms with Crippen molar-refractivity contribution in [1.82, 2.24) is 15.1 Å². The predicted octanol–water partition coefficient (Wildman–Crippen LogP) is 0.349. The monoisotopic (exact) mass is 166 g/mol. The zero-order valence-corrected chi connectivity index (χ0v) is 7.08. The highest BCUT2D eigenvalue weighted by molar-refractivity contribution is 5.29. The van der Waals surface area contributed by atoms with Crippen molar-refractivity contribution in [3.05, 3.63) is 11.8 Å². The Balaban J connectivity index is 2.23. The molecule has 2 heterocycles. The summed E-state index contributed by atoms with van der Waals surface area (Å²) >= 11 is 0. The van der Waals surface area contributed by atoms with Gasteiger partial charge in [0.2, 0.25) is 0 Å². The third-order valence-corrected chi connectivity index (χ3v) is 2.16. The van der Waals surface area contributed by atoms with Crippen molar-refractivity contribution in [3.63, 3.8) is 0 Å². The zero-order valence-electron chi connectivity index (χ0n) is 7.08. The number of aryl methyl sites for hydroxylation is 1. The van der Waals surface area contributed by atoms with Crippen molar-refractivity contribution in [2.24, 2.45) is 0 Å². The van der Waals surface area contributed by atoms with Gasteiger partial charge in [0.05, 0.1) is 5.69 Å². The fourth-order valence-corrected chi connectivity index (χ4v) is 1.54. The van der Waals surface area contributed by atoms with Gasteiger partial charge in [0.1, 0.15) is 5.82 Å². The van der Waals surface area contributed by atoms with Crippen molar-refractivity contribution >= 4 is 5.82 Å². The van der Waals surface area contributed by atoms with E-state index in [9.17, 15) is 0 Å². The summed E-state index contributed by atoms with van der Waals surface area (Å²) in [7, 11) is 0. The molecule has 1 aromatic rings. The Labute approximate surface area is 71.7 Å². The Morgan fingerprint density at radius 2 is 2.42 bits per heavy atom. The summed E-state index contributed by atoms with van der Waals surface area (Å²) in [6.07, 6.45) is 2.40. The minimum Gasteiger partial charge on any atom is -0.382 e. The summed E-state index contributed by atoms with van der Waals surface area (Å²) in [6.45, 7) is 3.00. The van der Waals surface area contributed by atoms with E-state index in [0.717, 1.165) is 19.6 Å². The molecule has 0 saturated carbocycles. The van der Waals surface area contributed by atoms with Crippen LogP contribution in [-0.2, 0) is 13.1 Å². The van der Waals surface area contributed by atoms with Crippen LogP contribution in [0, 0.1) is 0 Å². The first-order valence-corrected chi connectivity index (χ1v) is 4.39. The van der Waals surface area contributed by atoms with Crippen LogP contribution in [0.1, 0.15) is 18.5 Å². The van der Waals surface area contributed by atoms with Gasteiger partial charge in [0, 0.05) is 19.2 Å². The van der Waals surface area contributed by atoms with Crippen LogP contribution < -0.4 is 11.1 Å². The van der Waals surface area contributed by atoms with Gasteiger partial charge in [0.15, 0.2) is 0 Å². The highest BCUT2D eigenvalue weighted by atomic mass is 15.3. The molecule has 1 aliphatic heterocycles. The smallest absolute Gasteiger partial charge is 0.145 e.